The number of hydrogen-bond donors (Lipinski definition) is 0. The summed E-state index contributed by atoms with van der Waals surface area (Å²) < 4.78 is 10.6. The number of aryl methyl sites for hydroxylation is 1. The smallest absolute Gasteiger partial charge is 0.247 e. The molecule has 2 aromatic rings. The molecule has 1 unspecified atom stereocenters. The van der Waals surface area contributed by atoms with Gasteiger partial charge in [-0.2, -0.15) is 0 Å². The van der Waals surface area contributed by atoms with E-state index >= 15 is 0 Å². The highest BCUT2D eigenvalue weighted by Gasteiger charge is 2.11. The fourth-order valence-corrected chi connectivity index (χ4v) is 1.62. The highest BCUT2D eigenvalue weighted by atomic mass is 16.5. The van der Waals surface area contributed by atoms with Crippen molar-refractivity contribution in [3.63, 3.8) is 0 Å². The van der Waals surface area contributed by atoms with Gasteiger partial charge in [0.2, 0.25) is 11.8 Å². The molecule has 0 saturated heterocycles. The molecular formula is C13H14N2O3. The predicted molar refractivity (Wildman–Crippen MR) is 64.9 cm³/mol. The van der Waals surface area contributed by atoms with Crippen molar-refractivity contribution in [2.45, 2.75) is 20.0 Å². The monoisotopic (exact) mass is 246 g/mol. The molecule has 0 amide bonds. The topological polar surface area (TPSA) is 65.2 Å². The molecule has 0 saturated carbocycles. The van der Waals surface area contributed by atoms with Gasteiger partial charge in [0.1, 0.15) is 6.10 Å². The van der Waals surface area contributed by atoms with E-state index in [0.717, 1.165) is 17.4 Å². The van der Waals surface area contributed by atoms with Gasteiger partial charge in [0.05, 0.1) is 0 Å². The van der Waals surface area contributed by atoms with Gasteiger partial charge in [0, 0.05) is 19.1 Å². The van der Waals surface area contributed by atoms with Crippen molar-refractivity contribution in [2.75, 3.05) is 6.61 Å². The maximum absolute atomic E-state index is 10.9. The Morgan fingerprint density at radius 3 is 2.56 bits per heavy atom. The summed E-state index contributed by atoms with van der Waals surface area (Å²) in [5.74, 6) is 0.993. The van der Waals surface area contributed by atoms with E-state index < -0.39 is 6.10 Å². The van der Waals surface area contributed by atoms with E-state index in [0.29, 0.717) is 18.4 Å². The van der Waals surface area contributed by atoms with Crippen LogP contribution in [0.15, 0.2) is 28.7 Å². The number of aldehydes is 1. The highest BCUT2D eigenvalue weighted by molar-refractivity contribution is 5.62. The van der Waals surface area contributed by atoms with E-state index in [9.17, 15) is 4.79 Å². The molecule has 1 atom stereocenters. The van der Waals surface area contributed by atoms with E-state index in [1.165, 1.54) is 0 Å². The summed E-state index contributed by atoms with van der Waals surface area (Å²) in [6.07, 6.45) is 0.267. The number of ether oxygens (including phenoxy) is 1. The molecule has 2 rings (SSSR count). The number of carbonyl (C=O) groups excluding carboxylic acids is 1. The second-order valence-corrected chi connectivity index (χ2v) is 3.76. The van der Waals surface area contributed by atoms with Crippen LogP contribution in [0.4, 0.5) is 0 Å². The molecule has 18 heavy (non-hydrogen) atoms. The maximum Gasteiger partial charge on any atom is 0.247 e. The number of nitrogens with zero attached hydrogens (tertiary/aromatic N) is 2. The first-order valence-electron chi connectivity index (χ1n) is 5.72. The number of rotatable bonds is 5. The Labute approximate surface area is 105 Å². The predicted octanol–water partition coefficient (Wildman–Crippen LogP) is 2.32. The molecule has 1 heterocycles. The van der Waals surface area contributed by atoms with Gasteiger partial charge in [0.15, 0.2) is 6.29 Å². The second-order valence-electron chi connectivity index (χ2n) is 3.76. The Kier molecular flexibility index (Phi) is 3.84. The molecule has 0 aliphatic rings. The molecule has 0 spiro atoms. The van der Waals surface area contributed by atoms with Gasteiger partial charge < -0.3 is 13.9 Å². The van der Waals surface area contributed by atoms with E-state index in [2.05, 4.69) is 10.2 Å². The van der Waals surface area contributed by atoms with Crippen molar-refractivity contribution in [1.29, 1.82) is 0 Å². The van der Waals surface area contributed by atoms with Crippen LogP contribution in [0.1, 0.15) is 24.5 Å². The molecular weight excluding hydrogens is 232 g/mol. The van der Waals surface area contributed by atoms with Crippen LogP contribution in [0.2, 0.25) is 0 Å². The van der Waals surface area contributed by atoms with Gasteiger partial charge >= 0.3 is 0 Å². The first-order chi connectivity index (χ1) is 8.74. The molecule has 0 bridgehead atoms. The third-order valence-corrected chi connectivity index (χ3v) is 2.48. The summed E-state index contributed by atoms with van der Waals surface area (Å²) in [6, 6.07) is 7.31. The summed E-state index contributed by atoms with van der Waals surface area (Å²) in [6.45, 7) is 4.09. The van der Waals surface area contributed by atoms with Crippen LogP contribution in [-0.4, -0.2) is 23.1 Å². The standard InChI is InChI=1S/C13H14N2O3/c1-3-17-12(8-16)10-4-6-11(7-5-10)13-15-14-9(2)18-13/h4-8,12H,3H2,1-2H3. The van der Waals surface area contributed by atoms with Crippen molar-refractivity contribution in [3.05, 3.63) is 35.7 Å². The number of benzene rings is 1. The van der Waals surface area contributed by atoms with Gasteiger partial charge in [-0.05, 0) is 24.6 Å². The van der Waals surface area contributed by atoms with Crippen molar-refractivity contribution < 1.29 is 13.9 Å². The first kappa shape index (κ1) is 12.4. The summed E-state index contributed by atoms with van der Waals surface area (Å²) in [5.41, 5.74) is 1.63. The van der Waals surface area contributed by atoms with Crippen LogP contribution in [0, 0.1) is 6.92 Å². The van der Waals surface area contributed by atoms with Crippen molar-refractivity contribution >= 4 is 6.29 Å². The summed E-state index contributed by atoms with van der Waals surface area (Å²) in [4.78, 5) is 10.9. The van der Waals surface area contributed by atoms with Crippen LogP contribution < -0.4 is 0 Å². The fourth-order valence-electron chi connectivity index (χ4n) is 1.62. The lowest BCUT2D eigenvalue weighted by atomic mass is 10.1. The Bertz CT molecular complexity index is 519. The Balaban J connectivity index is 2.21. The second kappa shape index (κ2) is 5.55. The van der Waals surface area contributed by atoms with Gasteiger partial charge in [0.25, 0.3) is 0 Å². The van der Waals surface area contributed by atoms with Crippen LogP contribution in [0.25, 0.3) is 11.5 Å². The zero-order chi connectivity index (χ0) is 13.0. The molecule has 5 heteroatoms. The van der Waals surface area contributed by atoms with Crippen molar-refractivity contribution in [1.82, 2.24) is 10.2 Å². The minimum atomic E-state index is -0.520. The minimum absolute atomic E-state index is 0.470. The molecule has 94 valence electrons. The number of aromatic nitrogens is 2. The summed E-state index contributed by atoms with van der Waals surface area (Å²) >= 11 is 0. The maximum atomic E-state index is 10.9. The molecule has 0 aliphatic carbocycles. The lowest BCUT2D eigenvalue weighted by molar-refractivity contribution is -0.118. The van der Waals surface area contributed by atoms with Crippen molar-refractivity contribution in [3.8, 4) is 11.5 Å². The van der Waals surface area contributed by atoms with E-state index in [1.807, 2.05) is 31.2 Å². The number of carbonyl (C=O) groups is 1. The Morgan fingerprint density at radius 2 is 2.06 bits per heavy atom. The third kappa shape index (κ3) is 2.62. The zero-order valence-corrected chi connectivity index (χ0v) is 10.3. The van der Waals surface area contributed by atoms with Gasteiger partial charge in [-0.1, -0.05) is 12.1 Å². The zero-order valence-electron chi connectivity index (χ0n) is 10.3. The van der Waals surface area contributed by atoms with Gasteiger partial charge in [-0.15, -0.1) is 10.2 Å². The third-order valence-electron chi connectivity index (χ3n) is 2.48. The van der Waals surface area contributed by atoms with Crippen molar-refractivity contribution in [2.24, 2.45) is 0 Å². The van der Waals surface area contributed by atoms with E-state index in [4.69, 9.17) is 9.15 Å². The Hall–Kier alpha value is -2.01. The van der Waals surface area contributed by atoms with E-state index in [1.54, 1.807) is 6.92 Å². The molecule has 0 fully saturated rings. The minimum Gasteiger partial charge on any atom is -0.421 e. The molecule has 1 aromatic carbocycles. The van der Waals surface area contributed by atoms with Crippen LogP contribution in [-0.2, 0) is 9.53 Å². The van der Waals surface area contributed by atoms with E-state index in [-0.39, 0.29) is 0 Å². The summed E-state index contributed by atoms with van der Waals surface area (Å²) in [7, 11) is 0. The lowest BCUT2D eigenvalue weighted by Crippen LogP contribution is -2.05. The first-order valence-corrected chi connectivity index (χ1v) is 5.72. The Morgan fingerprint density at radius 1 is 1.33 bits per heavy atom. The largest absolute Gasteiger partial charge is 0.421 e. The van der Waals surface area contributed by atoms with Crippen LogP contribution in [0.3, 0.4) is 0 Å². The average Bonchev–Trinajstić information content (AvgIpc) is 2.83. The highest BCUT2D eigenvalue weighted by Crippen LogP contribution is 2.21. The number of hydrogen-bond acceptors (Lipinski definition) is 5. The normalized spacial score (nSPS) is 12.3. The summed E-state index contributed by atoms with van der Waals surface area (Å²) in [5, 5.41) is 7.70. The molecule has 0 aliphatic heterocycles. The quantitative estimate of drug-likeness (QED) is 0.757. The van der Waals surface area contributed by atoms with Gasteiger partial charge in [-0.25, -0.2) is 0 Å². The van der Waals surface area contributed by atoms with Gasteiger partial charge in [-0.3, -0.25) is 0 Å². The molecule has 0 radical (unpaired) electrons. The molecule has 5 nitrogen and oxygen atoms in total. The van der Waals surface area contributed by atoms with Crippen LogP contribution >= 0.6 is 0 Å². The SMILES string of the molecule is CCOC(C=O)c1ccc(-c2nnc(C)o2)cc1. The van der Waals surface area contributed by atoms with Crippen LogP contribution in [0.5, 0.6) is 0 Å². The molecule has 1 aromatic heterocycles. The molecule has 0 N–H and O–H groups in total. The average molecular weight is 246 g/mol. The fraction of sp³-hybridized carbons (Fsp3) is 0.308. The lowest BCUT2D eigenvalue weighted by Gasteiger charge is -2.10.